The quantitative estimate of drug-likeness (QED) is 0.416. The van der Waals surface area contributed by atoms with Crippen molar-refractivity contribution >= 4 is 29.2 Å². The lowest BCUT2D eigenvalue weighted by molar-refractivity contribution is -0.146. The van der Waals surface area contributed by atoms with Crippen LogP contribution in [0.1, 0.15) is 30.5 Å². The van der Waals surface area contributed by atoms with Crippen LogP contribution in [0, 0.1) is 11.8 Å². The first-order valence-corrected chi connectivity index (χ1v) is 13.4. The summed E-state index contributed by atoms with van der Waals surface area (Å²) in [4.78, 5) is 19.6. The number of aryl methyl sites for hydroxylation is 1. The molecule has 2 N–H and O–H groups in total. The second kappa shape index (κ2) is 9.28. The van der Waals surface area contributed by atoms with Crippen molar-refractivity contribution in [1.29, 1.82) is 0 Å². The Labute approximate surface area is 226 Å². The average Bonchev–Trinajstić information content (AvgIpc) is 3.16. The van der Waals surface area contributed by atoms with Gasteiger partial charge in [-0.1, -0.05) is 59.6 Å². The third-order valence-electron chi connectivity index (χ3n) is 8.21. The monoisotopic (exact) mass is 537 g/mol. The second-order valence-electron chi connectivity index (χ2n) is 10.2. The molecular weight excluding hydrogens is 509 g/mol. The largest absolute Gasteiger partial charge is 0.481 e. The Bertz CT molecular complexity index is 1400. The summed E-state index contributed by atoms with van der Waals surface area (Å²) < 4.78 is 11.1. The number of likely N-dealkylation sites (tertiary alicyclic amines) is 1. The van der Waals surface area contributed by atoms with Gasteiger partial charge in [-0.15, -0.1) is 0 Å². The highest BCUT2D eigenvalue weighted by molar-refractivity contribution is 6.38. The molecular formula is C29H29Cl2N3O3. The molecule has 1 aromatic heterocycles. The van der Waals surface area contributed by atoms with Gasteiger partial charge in [-0.25, -0.2) is 4.98 Å². The zero-order valence-corrected chi connectivity index (χ0v) is 22.4. The minimum Gasteiger partial charge on any atom is -0.481 e. The van der Waals surface area contributed by atoms with E-state index in [1.807, 2.05) is 49.4 Å². The molecule has 0 radical (unpaired) electrons. The first kappa shape index (κ1) is 24.7. The van der Waals surface area contributed by atoms with Crippen LogP contribution in [0.4, 0.5) is 0 Å². The zero-order valence-electron chi connectivity index (χ0n) is 20.8. The van der Waals surface area contributed by atoms with Crippen molar-refractivity contribution in [2.45, 2.75) is 31.3 Å². The number of ether oxygens (including phenoxy) is 2. The number of methoxy groups -OCH3 is 1. The van der Waals surface area contributed by atoms with Crippen LogP contribution in [0.25, 0.3) is 22.4 Å². The van der Waals surface area contributed by atoms with Crippen molar-refractivity contribution < 1.29 is 14.3 Å². The molecule has 6 rings (SSSR count). The van der Waals surface area contributed by atoms with Crippen molar-refractivity contribution in [1.82, 2.24) is 9.88 Å². The Hall–Kier alpha value is -2.64. The number of carbonyl (C=O) groups is 1. The molecule has 1 aliphatic heterocycles. The Morgan fingerprint density at radius 3 is 2.62 bits per heavy atom. The molecule has 0 spiro atoms. The maximum Gasteiger partial charge on any atom is 0.311 e. The summed E-state index contributed by atoms with van der Waals surface area (Å²) in [6.45, 7) is 3.66. The molecule has 0 bridgehead atoms. The van der Waals surface area contributed by atoms with Crippen molar-refractivity contribution in [3.05, 3.63) is 69.7 Å². The molecule has 2 aromatic carbocycles. The normalized spacial score (nSPS) is 26.0. The van der Waals surface area contributed by atoms with Crippen LogP contribution in [-0.2, 0) is 16.0 Å². The summed E-state index contributed by atoms with van der Waals surface area (Å²) in [5, 5.41) is 1.25. The Balaban J connectivity index is 1.30. The van der Waals surface area contributed by atoms with Crippen molar-refractivity contribution in [3.8, 4) is 28.3 Å². The van der Waals surface area contributed by atoms with Crippen LogP contribution in [0.3, 0.4) is 0 Å². The standard InChI is InChI=1S/C29H29Cl2N3O3/c1-3-37-28(35)25-20-14-34(15-29(20,25)32)23-12-11-16-13-22(33-27(36-2)24(16)23)19-9-6-8-18(26(19)31)17-7-4-5-10-21(17)30/h4-10,13,20,23,25H,3,11-12,14-15,32H2,1-2H3/t20-,23-,25+,29+/m1/s1. The number of nitrogens with zero attached hydrogens (tertiary/aromatic N) is 2. The third kappa shape index (κ3) is 3.93. The molecule has 3 aromatic rings. The lowest BCUT2D eigenvalue weighted by Crippen LogP contribution is -2.39. The average molecular weight is 538 g/mol. The van der Waals surface area contributed by atoms with Gasteiger partial charge in [-0.2, -0.15) is 0 Å². The van der Waals surface area contributed by atoms with Gasteiger partial charge in [0.15, 0.2) is 0 Å². The number of benzene rings is 2. The van der Waals surface area contributed by atoms with E-state index in [1.165, 1.54) is 5.56 Å². The summed E-state index contributed by atoms with van der Waals surface area (Å²) >= 11 is 13.4. The van der Waals surface area contributed by atoms with Gasteiger partial charge >= 0.3 is 5.97 Å². The highest BCUT2D eigenvalue weighted by Gasteiger charge is 2.71. The van der Waals surface area contributed by atoms with Crippen molar-refractivity contribution in [2.75, 3.05) is 26.8 Å². The molecule has 8 heteroatoms. The number of hydrogen-bond donors (Lipinski definition) is 1. The van der Waals surface area contributed by atoms with E-state index in [4.69, 9.17) is 43.4 Å². The van der Waals surface area contributed by atoms with Gasteiger partial charge in [0.25, 0.3) is 0 Å². The Kier molecular flexibility index (Phi) is 6.19. The van der Waals surface area contributed by atoms with E-state index in [-0.39, 0.29) is 23.8 Å². The Morgan fingerprint density at radius 1 is 1.16 bits per heavy atom. The fourth-order valence-electron chi connectivity index (χ4n) is 6.41. The van der Waals surface area contributed by atoms with Crippen LogP contribution in [-0.4, -0.2) is 48.2 Å². The number of carbonyl (C=O) groups excluding carboxylic acids is 1. The minimum absolute atomic E-state index is 0.139. The summed E-state index contributed by atoms with van der Waals surface area (Å²) in [6, 6.07) is 15.9. The van der Waals surface area contributed by atoms with E-state index >= 15 is 0 Å². The molecule has 2 fully saturated rings. The summed E-state index contributed by atoms with van der Waals surface area (Å²) in [7, 11) is 1.66. The molecule has 6 nitrogen and oxygen atoms in total. The second-order valence-corrected chi connectivity index (χ2v) is 11.0. The molecule has 0 unspecified atom stereocenters. The maximum atomic E-state index is 12.3. The topological polar surface area (TPSA) is 77.7 Å². The molecule has 3 aliphatic rings. The number of halogens is 2. The summed E-state index contributed by atoms with van der Waals surface area (Å²) in [5.74, 6) is 0.392. The third-order valence-corrected chi connectivity index (χ3v) is 8.95. The smallest absolute Gasteiger partial charge is 0.311 e. The summed E-state index contributed by atoms with van der Waals surface area (Å²) in [5.41, 5.74) is 11.8. The van der Waals surface area contributed by atoms with Crippen LogP contribution in [0.15, 0.2) is 48.5 Å². The maximum absolute atomic E-state index is 12.3. The predicted octanol–water partition coefficient (Wildman–Crippen LogP) is 5.54. The van der Waals surface area contributed by atoms with Gasteiger partial charge in [-0.3, -0.25) is 9.69 Å². The van der Waals surface area contributed by atoms with E-state index < -0.39 is 5.54 Å². The van der Waals surface area contributed by atoms with E-state index in [0.717, 1.165) is 47.3 Å². The van der Waals surface area contributed by atoms with Crippen LogP contribution in [0.2, 0.25) is 10.0 Å². The molecule has 192 valence electrons. The van der Waals surface area contributed by atoms with E-state index in [1.54, 1.807) is 7.11 Å². The van der Waals surface area contributed by atoms with Gasteiger partial charge in [0.05, 0.1) is 30.4 Å². The van der Waals surface area contributed by atoms with Crippen LogP contribution in [0.5, 0.6) is 5.88 Å². The van der Waals surface area contributed by atoms with Crippen LogP contribution < -0.4 is 10.5 Å². The number of hydrogen-bond acceptors (Lipinski definition) is 6. The van der Waals surface area contributed by atoms with Gasteiger partial charge in [0.1, 0.15) is 0 Å². The molecule has 4 atom stereocenters. The SMILES string of the molecule is CCOC(=O)[C@@H]1[C@H]2CN([C@@H]3CCc4cc(-c5cccc(-c6ccccc6Cl)c5Cl)nc(OC)c43)C[C@]21N. The number of aromatic nitrogens is 1. The number of nitrogens with two attached hydrogens (primary N) is 1. The number of esters is 1. The molecule has 37 heavy (non-hydrogen) atoms. The van der Waals surface area contributed by atoms with E-state index in [9.17, 15) is 4.79 Å². The highest BCUT2D eigenvalue weighted by atomic mass is 35.5. The van der Waals surface area contributed by atoms with Crippen molar-refractivity contribution in [2.24, 2.45) is 17.6 Å². The zero-order chi connectivity index (χ0) is 25.9. The Morgan fingerprint density at radius 2 is 1.92 bits per heavy atom. The highest BCUT2D eigenvalue weighted by Crippen LogP contribution is 2.57. The molecule has 2 heterocycles. The van der Waals surface area contributed by atoms with Gasteiger partial charge in [-0.05, 0) is 37.5 Å². The fourth-order valence-corrected chi connectivity index (χ4v) is 6.97. The number of pyridine rings is 1. The predicted molar refractivity (Wildman–Crippen MR) is 145 cm³/mol. The van der Waals surface area contributed by atoms with E-state index in [0.29, 0.717) is 29.1 Å². The first-order chi connectivity index (χ1) is 17.9. The lowest BCUT2D eigenvalue weighted by Gasteiger charge is -2.29. The number of rotatable bonds is 6. The minimum atomic E-state index is -0.498. The number of fused-ring (bicyclic) bond motifs is 2. The van der Waals surface area contributed by atoms with Gasteiger partial charge < -0.3 is 15.2 Å². The van der Waals surface area contributed by atoms with E-state index in [2.05, 4.69) is 11.0 Å². The van der Waals surface area contributed by atoms with Crippen LogP contribution >= 0.6 is 23.2 Å². The molecule has 1 saturated heterocycles. The summed E-state index contributed by atoms with van der Waals surface area (Å²) in [6.07, 6.45) is 1.87. The molecule has 2 aliphatic carbocycles. The van der Waals surface area contributed by atoms with Crippen molar-refractivity contribution in [3.63, 3.8) is 0 Å². The number of piperidine rings is 1. The molecule has 0 amide bonds. The lowest BCUT2D eigenvalue weighted by atomic mass is 9.99. The molecule has 1 saturated carbocycles. The van der Waals surface area contributed by atoms with Gasteiger partial charge in [0.2, 0.25) is 5.88 Å². The van der Waals surface area contributed by atoms with Gasteiger partial charge in [0, 0.05) is 57.9 Å². The fraction of sp³-hybridized carbons (Fsp3) is 0.379. The first-order valence-electron chi connectivity index (χ1n) is 12.7.